The highest BCUT2D eigenvalue weighted by Crippen LogP contribution is 2.33. The van der Waals surface area contributed by atoms with Gasteiger partial charge in [-0.05, 0) is 36.8 Å². The van der Waals surface area contributed by atoms with E-state index in [0.717, 1.165) is 5.56 Å². The van der Waals surface area contributed by atoms with Gasteiger partial charge in [-0.15, -0.1) is 10.2 Å². The molecule has 22 heavy (non-hydrogen) atoms. The average molecular weight is 297 g/mol. The largest absolute Gasteiger partial charge is 0.450 e. The van der Waals surface area contributed by atoms with E-state index < -0.39 is 4.92 Å². The van der Waals surface area contributed by atoms with Crippen molar-refractivity contribution < 1.29 is 14.1 Å². The molecule has 0 atom stereocenters. The fourth-order valence-corrected chi connectivity index (χ4v) is 1.97. The zero-order chi connectivity index (χ0) is 15.5. The molecular weight excluding hydrogens is 286 g/mol. The first kappa shape index (κ1) is 13.7. The number of hydrogen-bond acceptors (Lipinski definition) is 6. The molecule has 1 aromatic heterocycles. The van der Waals surface area contributed by atoms with Gasteiger partial charge in [0.25, 0.3) is 0 Å². The Balaban J connectivity index is 1.94. The minimum Gasteiger partial charge on any atom is -0.450 e. The van der Waals surface area contributed by atoms with E-state index in [4.69, 9.17) is 9.15 Å². The van der Waals surface area contributed by atoms with Gasteiger partial charge in [-0.3, -0.25) is 10.1 Å². The Labute approximate surface area is 125 Å². The van der Waals surface area contributed by atoms with Crippen LogP contribution in [-0.2, 0) is 0 Å². The first-order chi connectivity index (χ1) is 10.6. The summed E-state index contributed by atoms with van der Waals surface area (Å²) in [5.41, 5.74) is 1.38. The third-order valence-corrected chi connectivity index (χ3v) is 2.98. The second-order valence-corrected chi connectivity index (χ2v) is 4.60. The number of benzene rings is 2. The van der Waals surface area contributed by atoms with E-state index in [1.807, 2.05) is 0 Å². The van der Waals surface area contributed by atoms with Crippen LogP contribution in [0.2, 0.25) is 0 Å². The van der Waals surface area contributed by atoms with Crippen LogP contribution in [0, 0.1) is 17.0 Å². The molecule has 0 aliphatic rings. The van der Waals surface area contributed by atoms with Crippen LogP contribution in [0.15, 0.2) is 53.3 Å². The first-order valence-electron chi connectivity index (χ1n) is 6.43. The normalized spacial score (nSPS) is 10.4. The Morgan fingerprint density at radius 1 is 1.23 bits per heavy atom. The van der Waals surface area contributed by atoms with Gasteiger partial charge in [-0.2, -0.15) is 0 Å². The molecule has 0 fully saturated rings. The summed E-state index contributed by atoms with van der Waals surface area (Å²) in [7, 11) is 0. The molecular formula is C15H11N3O4. The summed E-state index contributed by atoms with van der Waals surface area (Å²) in [4.78, 5) is 10.6. The van der Waals surface area contributed by atoms with E-state index in [9.17, 15) is 10.1 Å². The van der Waals surface area contributed by atoms with Crippen molar-refractivity contribution >= 4 is 5.69 Å². The number of ether oxygens (including phenoxy) is 1. The molecule has 7 heteroatoms. The monoisotopic (exact) mass is 297 g/mol. The van der Waals surface area contributed by atoms with Gasteiger partial charge in [-0.25, -0.2) is 0 Å². The third kappa shape index (κ3) is 2.78. The fourth-order valence-electron chi connectivity index (χ4n) is 1.97. The van der Waals surface area contributed by atoms with Crippen molar-refractivity contribution in [1.82, 2.24) is 10.2 Å². The molecule has 0 N–H and O–H groups in total. The van der Waals surface area contributed by atoms with Crippen LogP contribution in [0.1, 0.15) is 5.56 Å². The van der Waals surface area contributed by atoms with Crippen LogP contribution in [0.5, 0.6) is 11.5 Å². The van der Waals surface area contributed by atoms with E-state index >= 15 is 0 Å². The summed E-state index contributed by atoms with van der Waals surface area (Å²) in [5.74, 6) is 0.977. The van der Waals surface area contributed by atoms with Crippen molar-refractivity contribution in [1.29, 1.82) is 0 Å². The first-order valence-corrected chi connectivity index (χ1v) is 6.43. The van der Waals surface area contributed by atoms with E-state index in [0.29, 0.717) is 17.2 Å². The quantitative estimate of drug-likeness (QED) is 0.538. The molecule has 2 aromatic carbocycles. The molecule has 0 saturated carbocycles. The predicted molar refractivity (Wildman–Crippen MR) is 77.6 cm³/mol. The van der Waals surface area contributed by atoms with Crippen LogP contribution >= 0.6 is 0 Å². The topological polar surface area (TPSA) is 91.3 Å². The summed E-state index contributed by atoms with van der Waals surface area (Å²) in [5, 5.41) is 18.5. The van der Waals surface area contributed by atoms with Gasteiger partial charge in [0.1, 0.15) is 5.75 Å². The zero-order valence-electron chi connectivity index (χ0n) is 11.6. The number of nitrogens with zero attached hydrogens (tertiary/aromatic N) is 3. The van der Waals surface area contributed by atoms with Crippen molar-refractivity contribution in [2.75, 3.05) is 0 Å². The SMILES string of the molecule is Cc1ccc(Oc2cccc(-c3nnco3)c2)c([N+](=O)[O-])c1. The van der Waals surface area contributed by atoms with Crippen molar-refractivity contribution in [2.45, 2.75) is 6.92 Å². The number of nitro benzene ring substituents is 1. The number of nitro groups is 1. The maximum atomic E-state index is 11.1. The highest BCUT2D eigenvalue weighted by molar-refractivity contribution is 5.57. The van der Waals surface area contributed by atoms with Crippen LogP contribution in [0.25, 0.3) is 11.5 Å². The van der Waals surface area contributed by atoms with Crippen molar-refractivity contribution in [3.8, 4) is 23.0 Å². The highest BCUT2D eigenvalue weighted by atomic mass is 16.6. The van der Waals surface area contributed by atoms with E-state index in [1.54, 1.807) is 43.3 Å². The summed E-state index contributed by atoms with van der Waals surface area (Å²) in [6, 6.07) is 11.7. The van der Waals surface area contributed by atoms with Crippen LogP contribution in [-0.4, -0.2) is 15.1 Å². The lowest BCUT2D eigenvalue weighted by atomic mass is 10.2. The standard InChI is InChI=1S/C15H11N3O4/c1-10-5-6-14(13(7-10)18(19)20)22-12-4-2-3-11(8-12)15-17-16-9-21-15/h2-9H,1H3. The van der Waals surface area contributed by atoms with Gasteiger partial charge < -0.3 is 9.15 Å². The molecule has 3 aromatic rings. The minimum atomic E-state index is -0.468. The molecule has 0 amide bonds. The minimum absolute atomic E-state index is 0.0804. The Morgan fingerprint density at radius 3 is 2.82 bits per heavy atom. The molecule has 7 nitrogen and oxygen atoms in total. The van der Waals surface area contributed by atoms with Gasteiger partial charge in [-0.1, -0.05) is 12.1 Å². The van der Waals surface area contributed by atoms with E-state index in [2.05, 4.69) is 10.2 Å². The zero-order valence-corrected chi connectivity index (χ0v) is 11.6. The van der Waals surface area contributed by atoms with Gasteiger partial charge in [0.15, 0.2) is 0 Å². The molecule has 0 aliphatic carbocycles. The van der Waals surface area contributed by atoms with Crippen molar-refractivity contribution in [3.05, 3.63) is 64.5 Å². The van der Waals surface area contributed by atoms with Crippen LogP contribution in [0.3, 0.4) is 0 Å². The molecule has 3 rings (SSSR count). The second-order valence-electron chi connectivity index (χ2n) is 4.60. The fraction of sp³-hybridized carbons (Fsp3) is 0.0667. The third-order valence-electron chi connectivity index (χ3n) is 2.98. The molecule has 0 aliphatic heterocycles. The smallest absolute Gasteiger partial charge is 0.311 e. The highest BCUT2D eigenvalue weighted by Gasteiger charge is 2.16. The summed E-state index contributed by atoms with van der Waals surface area (Å²) < 4.78 is 10.7. The van der Waals surface area contributed by atoms with Gasteiger partial charge in [0, 0.05) is 11.6 Å². The van der Waals surface area contributed by atoms with Crippen molar-refractivity contribution in [2.24, 2.45) is 0 Å². The molecule has 110 valence electrons. The van der Waals surface area contributed by atoms with Crippen molar-refractivity contribution in [3.63, 3.8) is 0 Å². The predicted octanol–water partition coefficient (Wildman–Crippen LogP) is 3.75. The summed E-state index contributed by atoms with van der Waals surface area (Å²) in [6.07, 6.45) is 1.23. The lowest BCUT2D eigenvalue weighted by Gasteiger charge is -2.07. The lowest BCUT2D eigenvalue weighted by molar-refractivity contribution is -0.385. The average Bonchev–Trinajstić information content (AvgIpc) is 3.03. The maximum absolute atomic E-state index is 11.1. The molecule has 0 spiro atoms. The number of aromatic nitrogens is 2. The van der Waals surface area contributed by atoms with Gasteiger partial charge >= 0.3 is 5.69 Å². The van der Waals surface area contributed by atoms with Crippen LogP contribution < -0.4 is 4.74 Å². The van der Waals surface area contributed by atoms with E-state index in [-0.39, 0.29) is 11.4 Å². The maximum Gasteiger partial charge on any atom is 0.311 e. The molecule has 0 unspecified atom stereocenters. The summed E-state index contributed by atoms with van der Waals surface area (Å²) >= 11 is 0. The van der Waals surface area contributed by atoms with E-state index in [1.165, 1.54) is 12.5 Å². The number of rotatable bonds is 4. The summed E-state index contributed by atoms with van der Waals surface area (Å²) in [6.45, 7) is 1.78. The van der Waals surface area contributed by atoms with Crippen LogP contribution in [0.4, 0.5) is 5.69 Å². The van der Waals surface area contributed by atoms with Gasteiger partial charge in [0.05, 0.1) is 4.92 Å². The Morgan fingerprint density at radius 2 is 2.09 bits per heavy atom. The Bertz CT molecular complexity index is 815. The Hall–Kier alpha value is -3.22. The molecule has 0 bridgehead atoms. The Kier molecular flexibility index (Phi) is 3.53. The lowest BCUT2D eigenvalue weighted by Crippen LogP contribution is -1.94. The molecule has 1 heterocycles. The number of hydrogen-bond donors (Lipinski definition) is 0. The van der Waals surface area contributed by atoms with Gasteiger partial charge in [0.2, 0.25) is 18.0 Å². The number of aryl methyl sites for hydroxylation is 1. The molecule has 0 radical (unpaired) electrons. The molecule has 0 saturated heterocycles. The second kappa shape index (κ2) is 5.65.